The Morgan fingerprint density at radius 1 is 1.21 bits per heavy atom. The Morgan fingerprint density at radius 3 is 2.74 bits per heavy atom. The van der Waals surface area contributed by atoms with Crippen molar-refractivity contribution in [2.24, 2.45) is 0 Å². The second-order valence-corrected chi connectivity index (χ2v) is 5.88. The fourth-order valence-corrected chi connectivity index (χ4v) is 3.17. The summed E-state index contributed by atoms with van der Waals surface area (Å²) in [7, 11) is 2.13. The predicted molar refractivity (Wildman–Crippen MR) is 73.0 cm³/mol. The van der Waals surface area contributed by atoms with E-state index in [1.807, 2.05) is 0 Å². The number of hydrogen-bond acceptors (Lipinski definition) is 5. The molecule has 1 aromatic rings. The third kappa shape index (κ3) is 2.98. The lowest BCUT2D eigenvalue weighted by Gasteiger charge is -2.30. The molecule has 5 heteroatoms. The monoisotopic (exact) mass is 264 g/mol. The highest BCUT2D eigenvalue weighted by Gasteiger charge is 2.27. The highest BCUT2D eigenvalue weighted by atomic mass is 16.5. The molecule has 2 fully saturated rings. The third-order valence-electron chi connectivity index (χ3n) is 4.47. The van der Waals surface area contributed by atoms with E-state index in [2.05, 4.69) is 22.4 Å². The predicted octanol–water partition coefficient (Wildman–Crippen LogP) is 2.08. The summed E-state index contributed by atoms with van der Waals surface area (Å²) in [5, 5.41) is 7.63. The topological polar surface area (TPSA) is 54.2 Å². The van der Waals surface area contributed by atoms with Gasteiger partial charge in [-0.2, -0.15) is 4.98 Å². The molecule has 1 saturated heterocycles. The highest BCUT2D eigenvalue weighted by Crippen LogP contribution is 2.31. The first-order valence-electron chi connectivity index (χ1n) is 7.59. The number of likely N-dealkylation sites (N-methyl/N-ethyl adjacent to an activating group) is 1. The van der Waals surface area contributed by atoms with Gasteiger partial charge in [-0.25, -0.2) is 0 Å². The van der Waals surface area contributed by atoms with Crippen molar-refractivity contribution in [2.75, 3.05) is 26.7 Å². The van der Waals surface area contributed by atoms with Gasteiger partial charge in [0.2, 0.25) is 5.89 Å². The van der Waals surface area contributed by atoms with E-state index in [9.17, 15) is 0 Å². The molecule has 1 saturated carbocycles. The van der Waals surface area contributed by atoms with Gasteiger partial charge in [0.1, 0.15) is 0 Å². The van der Waals surface area contributed by atoms with Crippen LogP contribution in [0.25, 0.3) is 0 Å². The van der Waals surface area contributed by atoms with Gasteiger partial charge < -0.3 is 9.84 Å². The molecule has 5 nitrogen and oxygen atoms in total. The van der Waals surface area contributed by atoms with Crippen LogP contribution in [0.2, 0.25) is 0 Å². The summed E-state index contributed by atoms with van der Waals surface area (Å²) >= 11 is 0. The van der Waals surface area contributed by atoms with Crippen LogP contribution >= 0.6 is 0 Å². The maximum atomic E-state index is 5.55. The minimum atomic E-state index is 0.261. The van der Waals surface area contributed by atoms with E-state index >= 15 is 0 Å². The first-order chi connectivity index (χ1) is 9.34. The molecule has 0 bridgehead atoms. The number of aromatic nitrogens is 2. The molecule has 3 rings (SSSR count). The zero-order chi connectivity index (χ0) is 13.1. The molecule has 1 aliphatic carbocycles. The van der Waals surface area contributed by atoms with E-state index < -0.39 is 0 Å². The van der Waals surface area contributed by atoms with Crippen LogP contribution in [-0.4, -0.2) is 41.7 Å². The van der Waals surface area contributed by atoms with Crippen LogP contribution in [0.5, 0.6) is 0 Å². The van der Waals surface area contributed by atoms with Gasteiger partial charge >= 0.3 is 0 Å². The Kier molecular flexibility index (Phi) is 4.13. The molecule has 1 unspecified atom stereocenters. The van der Waals surface area contributed by atoms with Gasteiger partial charge in [0.25, 0.3) is 0 Å². The Morgan fingerprint density at radius 2 is 2.00 bits per heavy atom. The van der Waals surface area contributed by atoms with Crippen molar-refractivity contribution in [1.29, 1.82) is 0 Å². The summed E-state index contributed by atoms with van der Waals surface area (Å²) in [4.78, 5) is 6.99. The van der Waals surface area contributed by atoms with Gasteiger partial charge in [-0.3, -0.25) is 4.90 Å². The maximum Gasteiger partial charge on any atom is 0.229 e. The van der Waals surface area contributed by atoms with Crippen molar-refractivity contribution in [3.63, 3.8) is 0 Å². The molecule has 106 valence electrons. The Bertz CT molecular complexity index is 398. The lowest BCUT2D eigenvalue weighted by molar-refractivity contribution is 0.190. The summed E-state index contributed by atoms with van der Waals surface area (Å²) < 4.78 is 5.55. The highest BCUT2D eigenvalue weighted by molar-refractivity contribution is 5.01. The first kappa shape index (κ1) is 13.1. The van der Waals surface area contributed by atoms with Crippen molar-refractivity contribution in [3.05, 3.63) is 11.7 Å². The summed E-state index contributed by atoms with van der Waals surface area (Å²) in [6.45, 7) is 3.00. The molecule has 1 aromatic heterocycles. The lowest BCUT2D eigenvalue weighted by Crippen LogP contribution is -2.44. The maximum absolute atomic E-state index is 5.55. The van der Waals surface area contributed by atoms with E-state index in [4.69, 9.17) is 9.51 Å². The molecule has 2 heterocycles. The van der Waals surface area contributed by atoms with Gasteiger partial charge in [0.15, 0.2) is 5.82 Å². The number of nitrogens with one attached hydrogen (secondary N) is 1. The number of piperazine rings is 1. The van der Waals surface area contributed by atoms with Crippen molar-refractivity contribution < 1.29 is 4.52 Å². The number of hydrogen-bond donors (Lipinski definition) is 1. The minimum Gasteiger partial charge on any atom is -0.339 e. The van der Waals surface area contributed by atoms with Crippen molar-refractivity contribution in [1.82, 2.24) is 20.4 Å². The summed E-state index contributed by atoms with van der Waals surface area (Å²) in [5.74, 6) is 2.22. The van der Waals surface area contributed by atoms with Gasteiger partial charge in [0, 0.05) is 25.6 Å². The molecular formula is C14H24N4O. The zero-order valence-electron chi connectivity index (χ0n) is 11.8. The molecule has 1 aliphatic heterocycles. The quantitative estimate of drug-likeness (QED) is 0.829. The van der Waals surface area contributed by atoms with Gasteiger partial charge in [-0.1, -0.05) is 30.8 Å². The van der Waals surface area contributed by atoms with Crippen LogP contribution in [-0.2, 0) is 0 Å². The van der Waals surface area contributed by atoms with Crippen molar-refractivity contribution in [2.45, 2.75) is 50.5 Å². The van der Waals surface area contributed by atoms with Gasteiger partial charge in [-0.15, -0.1) is 0 Å². The Labute approximate surface area is 114 Å². The van der Waals surface area contributed by atoms with Crippen molar-refractivity contribution >= 4 is 0 Å². The Balaban J connectivity index is 1.71. The molecule has 0 radical (unpaired) electrons. The standard InChI is InChI=1S/C14H24N4O/c1-18-9-8-15-10-12(18)13-16-14(19-17-13)11-6-4-2-3-5-7-11/h11-12,15H,2-10H2,1H3. The average molecular weight is 264 g/mol. The van der Waals surface area contributed by atoms with E-state index in [0.717, 1.165) is 31.3 Å². The average Bonchev–Trinajstić information content (AvgIpc) is 2.75. The van der Waals surface area contributed by atoms with Crippen LogP contribution in [0, 0.1) is 0 Å². The first-order valence-corrected chi connectivity index (χ1v) is 7.59. The third-order valence-corrected chi connectivity index (χ3v) is 4.47. The van der Waals surface area contributed by atoms with Crippen LogP contribution in [0.15, 0.2) is 4.52 Å². The minimum absolute atomic E-state index is 0.261. The second kappa shape index (κ2) is 6.01. The smallest absolute Gasteiger partial charge is 0.229 e. The molecule has 0 aromatic carbocycles. The van der Waals surface area contributed by atoms with Gasteiger partial charge in [0.05, 0.1) is 6.04 Å². The molecule has 0 amide bonds. The number of rotatable bonds is 2. The fraction of sp³-hybridized carbons (Fsp3) is 0.857. The van der Waals surface area contributed by atoms with E-state index in [-0.39, 0.29) is 6.04 Å². The molecule has 0 spiro atoms. The van der Waals surface area contributed by atoms with E-state index in [1.54, 1.807) is 0 Å². The van der Waals surface area contributed by atoms with Crippen LogP contribution < -0.4 is 5.32 Å². The summed E-state index contributed by atoms with van der Waals surface area (Å²) in [6, 6.07) is 0.261. The summed E-state index contributed by atoms with van der Waals surface area (Å²) in [5.41, 5.74) is 0. The van der Waals surface area contributed by atoms with E-state index in [1.165, 1.54) is 38.5 Å². The Hall–Kier alpha value is -0.940. The normalized spacial score (nSPS) is 27.3. The molecule has 1 N–H and O–H groups in total. The summed E-state index contributed by atoms with van der Waals surface area (Å²) in [6.07, 6.45) is 7.72. The largest absolute Gasteiger partial charge is 0.339 e. The molecule has 1 atom stereocenters. The number of nitrogens with zero attached hydrogens (tertiary/aromatic N) is 3. The van der Waals surface area contributed by atoms with Crippen LogP contribution in [0.1, 0.15) is 62.2 Å². The molecule has 2 aliphatic rings. The fourth-order valence-electron chi connectivity index (χ4n) is 3.17. The lowest BCUT2D eigenvalue weighted by atomic mass is 10.0. The van der Waals surface area contributed by atoms with E-state index in [0.29, 0.717) is 5.92 Å². The van der Waals surface area contributed by atoms with Crippen molar-refractivity contribution in [3.8, 4) is 0 Å². The zero-order valence-corrected chi connectivity index (χ0v) is 11.8. The second-order valence-electron chi connectivity index (χ2n) is 5.88. The molecule has 19 heavy (non-hydrogen) atoms. The SMILES string of the molecule is CN1CCNCC1c1noc(C2CCCCCC2)n1. The van der Waals surface area contributed by atoms with Crippen LogP contribution in [0.4, 0.5) is 0 Å². The van der Waals surface area contributed by atoms with Crippen LogP contribution in [0.3, 0.4) is 0 Å². The molecular weight excluding hydrogens is 240 g/mol. The van der Waals surface area contributed by atoms with Gasteiger partial charge in [-0.05, 0) is 19.9 Å².